The number of hydrogen-bond donors (Lipinski definition) is 1. The van der Waals surface area contributed by atoms with Crippen molar-refractivity contribution in [3.05, 3.63) is 83.3 Å². The third kappa shape index (κ3) is 5.52. The van der Waals surface area contributed by atoms with E-state index in [0.29, 0.717) is 32.7 Å². The van der Waals surface area contributed by atoms with Gasteiger partial charge in [0.15, 0.2) is 11.6 Å². The number of alkyl halides is 1. The number of halogens is 3. The number of hydrogen-bond acceptors (Lipinski definition) is 5. The first-order chi connectivity index (χ1) is 19.7. The van der Waals surface area contributed by atoms with Gasteiger partial charge in [0.1, 0.15) is 18.8 Å². The highest BCUT2D eigenvalue weighted by Gasteiger charge is 2.40. The van der Waals surface area contributed by atoms with Crippen LogP contribution in [0.5, 0.6) is 0 Å². The number of fused-ring (bicyclic) bond motifs is 1. The standard InChI is InChI=1S/C30H23ClF2N4O4/c1-17(39)23-14-36(26-10-9-19(34-16-38)12-22(23)26)15-28(40)37-13-18(32)11-27(37)30(41)35-25-8-4-6-21(29(25)33)20-5-2-3-7-24(20)31/h2-10,12,14,18,27H,11,13,15H2,1H3,(H,35,41)/t18-,27+/m1/s1. The first kappa shape index (κ1) is 27.9. The van der Waals surface area contributed by atoms with Crippen molar-refractivity contribution in [1.82, 2.24) is 9.47 Å². The number of likely N-dealkylation sites (tertiary alicyclic amines) is 1. The summed E-state index contributed by atoms with van der Waals surface area (Å²) < 4.78 is 31.5. The zero-order valence-electron chi connectivity index (χ0n) is 21.7. The van der Waals surface area contributed by atoms with Gasteiger partial charge in [-0.1, -0.05) is 41.9 Å². The Morgan fingerprint density at radius 3 is 2.59 bits per heavy atom. The minimum atomic E-state index is -1.45. The molecule has 8 nitrogen and oxygen atoms in total. The molecule has 41 heavy (non-hydrogen) atoms. The first-order valence-corrected chi connectivity index (χ1v) is 13.0. The number of aliphatic imine (C=N–C) groups is 1. The average Bonchev–Trinajstić information content (AvgIpc) is 3.51. The van der Waals surface area contributed by atoms with Crippen molar-refractivity contribution in [1.29, 1.82) is 0 Å². The zero-order chi connectivity index (χ0) is 29.3. The maximum Gasteiger partial charge on any atom is 0.247 e. The highest BCUT2D eigenvalue weighted by Crippen LogP contribution is 2.33. The number of benzene rings is 3. The molecule has 2 amide bonds. The number of amides is 2. The van der Waals surface area contributed by atoms with E-state index in [4.69, 9.17) is 11.6 Å². The van der Waals surface area contributed by atoms with Crippen molar-refractivity contribution in [3.8, 4) is 11.1 Å². The Balaban J connectivity index is 1.39. The molecule has 5 rings (SSSR count). The van der Waals surface area contributed by atoms with E-state index in [1.165, 1.54) is 48.0 Å². The topological polar surface area (TPSA) is 101 Å². The number of nitrogens with zero attached hydrogens (tertiary/aromatic N) is 3. The molecule has 0 spiro atoms. The minimum absolute atomic E-state index is 0.126. The summed E-state index contributed by atoms with van der Waals surface area (Å²) >= 11 is 6.23. The molecule has 2 heterocycles. The molecule has 0 bridgehead atoms. The summed E-state index contributed by atoms with van der Waals surface area (Å²) in [4.78, 5) is 54.2. The van der Waals surface area contributed by atoms with E-state index < -0.39 is 29.8 Å². The van der Waals surface area contributed by atoms with Gasteiger partial charge in [0.2, 0.25) is 17.9 Å². The van der Waals surface area contributed by atoms with Gasteiger partial charge >= 0.3 is 0 Å². The molecule has 208 valence electrons. The molecule has 3 aromatic carbocycles. The fourth-order valence-electron chi connectivity index (χ4n) is 5.10. The third-order valence-electron chi connectivity index (χ3n) is 7.02. The number of Topliss-reactive ketones (excluding diaryl/α,β-unsaturated/α-hetero) is 1. The van der Waals surface area contributed by atoms with Crippen molar-refractivity contribution in [2.45, 2.75) is 32.1 Å². The number of isocyanates is 1. The van der Waals surface area contributed by atoms with E-state index in [9.17, 15) is 23.6 Å². The van der Waals surface area contributed by atoms with Gasteiger partial charge in [0, 0.05) is 45.2 Å². The molecule has 1 aliphatic rings. The molecule has 1 aromatic heterocycles. The van der Waals surface area contributed by atoms with E-state index >= 15 is 4.39 Å². The van der Waals surface area contributed by atoms with E-state index in [1.54, 1.807) is 36.4 Å². The van der Waals surface area contributed by atoms with Crippen molar-refractivity contribution < 1.29 is 28.0 Å². The summed E-state index contributed by atoms with van der Waals surface area (Å²) in [6.07, 6.45) is 1.24. The number of nitrogens with one attached hydrogen (secondary N) is 1. The molecule has 1 N–H and O–H groups in total. The lowest BCUT2D eigenvalue weighted by molar-refractivity contribution is -0.137. The second-order valence-electron chi connectivity index (χ2n) is 9.66. The predicted octanol–water partition coefficient (Wildman–Crippen LogP) is 5.85. The zero-order valence-corrected chi connectivity index (χ0v) is 22.5. The molecule has 11 heteroatoms. The molecule has 4 aromatic rings. The van der Waals surface area contributed by atoms with E-state index in [1.807, 2.05) is 0 Å². The summed E-state index contributed by atoms with van der Waals surface area (Å²) in [5.41, 5.74) is 1.62. The normalized spacial score (nSPS) is 16.4. The lowest BCUT2D eigenvalue weighted by atomic mass is 10.0. The van der Waals surface area contributed by atoms with Crippen molar-refractivity contribution in [2.75, 3.05) is 11.9 Å². The Hall–Kier alpha value is -4.66. The Labute approximate surface area is 238 Å². The molecule has 0 unspecified atom stereocenters. The molecule has 1 saturated heterocycles. The second-order valence-corrected chi connectivity index (χ2v) is 10.1. The van der Waals surface area contributed by atoms with Crippen molar-refractivity contribution in [3.63, 3.8) is 0 Å². The molecular formula is C30H23ClF2N4O4. The second kappa shape index (κ2) is 11.4. The van der Waals surface area contributed by atoms with E-state index in [-0.39, 0.29) is 36.5 Å². The van der Waals surface area contributed by atoms with Crippen LogP contribution in [0.2, 0.25) is 5.02 Å². The Morgan fingerprint density at radius 2 is 1.85 bits per heavy atom. The van der Waals surface area contributed by atoms with Crippen LogP contribution in [0, 0.1) is 5.82 Å². The number of rotatable bonds is 7. The number of carbonyl (C=O) groups excluding carboxylic acids is 4. The monoisotopic (exact) mass is 576 g/mol. The maximum absolute atomic E-state index is 15.4. The number of anilines is 1. The van der Waals surface area contributed by atoms with Gasteiger partial charge in [-0.05, 0) is 37.3 Å². The van der Waals surface area contributed by atoms with Gasteiger partial charge in [-0.3, -0.25) is 14.4 Å². The van der Waals surface area contributed by atoms with Crippen LogP contribution in [0.1, 0.15) is 23.7 Å². The highest BCUT2D eigenvalue weighted by molar-refractivity contribution is 6.33. The van der Waals surface area contributed by atoms with E-state index in [2.05, 4.69) is 10.3 Å². The van der Waals surface area contributed by atoms with Crippen LogP contribution in [0.4, 0.5) is 20.2 Å². The number of carbonyl (C=O) groups is 3. The van der Waals surface area contributed by atoms with Crippen LogP contribution < -0.4 is 5.32 Å². The third-order valence-corrected chi connectivity index (χ3v) is 7.35. The van der Waals surface area contributed by atoms with Crippen LogP contribution in [-0.2, 0) is 20.9 Å². The number of aromatic nitrogens is 1. The van der Waals surface area contributed by atoms with Crippen LogP contribution in [0.25, 0.3) is 22.0 Å². The Morgan fingerprint density at radius 1 is 1.10 bits per heavy atom. The lowest BCUT2D eigenvalue weighted by Gasteiger charge is -2.24. The summed E-state index contributed by atoms with van der Waals surface area (Å²) in [6, 6.07) is 14.6. The summed E-state index contributed by atoms with van der Waals surface area (Å²) in [6.45, 7) is 0.772. The number of ketones is 1. The van der Waals surface area contributed by atoms with Crippen molar-refractivity contribution >= 4 is 57.6 Å². The van der Waals surface area contributed by atoms with E-state index in [0.717, 1.165) is 4.90 Å². The summed E-state index contributed by atoms with van der Waals surface area (Å²) in [5.74, 6) is -2.27. The van der Waals surface area contributed by atoms with Crippen LogP contribution >= 0.6 is 11.6 Å². The van der Waals surface area contributed by atoms with Gasteiger partial charge in [-0.2, -0.15) is 4.99 Å². The SMILES string of the molecule is CC(=O)c1cn(CC(=O)N2C[C@H](F)C[C@H]2C(=O)Nc2cccc(-c3ccccc3Cl)c2F)c2ccc(N=C=O)cc12. The minimum Gasteiger partial charge on any atom is -0.337 e. The van der Waals surface area contributed by atoms with Crippen molar-refractivity contribution in [2.24, 2.45) is 4.99 Å². The molecule has 1 fully saturated rings. The molecule has 0 radical (unpaired) electrons. The largest absolute Gasteiger partial charge is 0.337 e. The van der Waals surface area contributed by atoms with Crippen LogP contribution in [0.3, 0.4) is 0 Å². The van der Waals surface area contributed by atoms with Gasteiger partial charge in [-0.25, -0.2) is 13.6 Å². The highest BCUT2D eigenvalue weighted by atomic mass is 35.5. The summed E-state index contributed by atoms with van der Waals surface area (Å²) in [5, 5.41) is 3.32. The van der Waals surface area contributed by atoms with Gasteiger partial charge in [0.05, 0.1) is 17.9 Å². The fourth-order valence-corrected chi connectivity index (χ4v) is 5.33. The Kier molecular flexibility index (Phi) is 7.79. The van der Waals surface area contributed by atoms with Gasteiger partial charge < -0.3 is 14.8 Å². The first-order valence-electron chi connectivity index (χ1n) is 12.7. The predicted molar refractivity (Wildman–Crippen MR) is 150 cm³/mol. The quantitative estimate of drug-likeness (QED) is 0.169. The van der Waals surface area contributed by atoms with Crippen LogP contribution in [-0.4, -0.2) is 51.9 Å². The summed E-state index contributed by atoms with van der Waals surface area (Å²) in [7, 11) is 0. The molecular weight excluding hydrogens is 554 g/mol. The molecule has 0 aliphatic carbocycles. The van der Waals surface area contributed by atoms with Gasteiger partial charge in [-0.15, -0.1) is 0 Å². The Bertz CT molecular complexity index is 1750. The smallest absolute Gasteiger partial charge is 0.247 e. The lowest BCUT2D eigenvalue weighted by Crippen LogP contribution is -2.44. The van der Waals surface area contributed by atoms with Gasteiger partial charge in [0.25, 0.3) is 0 Å². The average molecular weight is 577 g/mol. The maximum atomic E-state index is 15.4. The molecule has 1 aliphatic heterocycles. The molecule has 2 atom stereocenters. The fraction of sp³-hybridized carbons (Fsp3) is 0.200. The van der Waals surface area contributed by atoms with Crippen LogP contribution in [0.15, 0.2) is 71.9 Å². The molecule has 0 saturated carbocycles.